The van der Waals surface area contributed by atoms with Crippen LogP contribution in [0.25, 0.3) is 6.08 Å². The highest BCUT2D eigenvalue weighted by atomic mass is 35.5. The highest BCUT2D eigenvalue weighted by Gasteiger charge is 2.23. The van der Waals surface area contributed by atoms with E-state index >= 15 is 0 Å². The van der Waals surface area contributed by atoms with Gasteiger partial charge in [-0.15, -0.1) is 0 Å². The van der Waals surface area contributed by atoms with Crippen LogP contribution >= 0.6 is 11.6 Å². The Kier molecular flexibility index (Phi) is 2.65. The Morgan fingerprint density at radius 1 is 1.06 bits per heavy atom. The van der Waals surface area contributed by atoms with E-state index in [4.69, 9.17) is 11.6 Å². The van der Waals surface area contributed by atoms with Gasteiger partial charge in [-0.1, -0.05) is 35.9 Å². The molecule has 0 radical (unpaired) electrons. The number of carbonyl (C=O) groups is 1. The molecule has 0 atom stereocenters. The summed E-state index contributed by atoms with van der Waals surface area (Å²) in [6, 6.07) is 14.9. The van der Waals surface area contributed by atoms with E-state index in [9.17, 15) is 4.79 Å². The predicted octanol–water partition coefficient (Wildman–Crippen LogP) is 3.99. The Morgan fingerprint density at radius 2 is 1.89 bits per heavy atom. The molecule has 0 unspecified atom stereocenters. The number of fused-ring (bicyclic) bond motifs is 1. The van der Waals surface area contributed by atoms with Gasteiger partial charge in [0.2, 0.25) is 5.78 Å². The summed E-state index contributed by atoms with van der Waals surface area (Å²) in [5.74, 6) is 0.0191. The molecule has 1 N–H and O–H groups in total. The third kappa shape index (κ3) is 1.91. The lowest BCUT2D eigenvalue weighted by molar-refractivity contribution is 0.104. The molecular weight excluding hydrogens is 246 g/mol. The van der Waals surface area contributed by atoms with Gasteiger partial charge in [-0.05, 0) is 35.9 Å². The Labute approximate surface area is 110 Å². The van der Waals surface area contributed by atoms with Gasteiger partial charge in [0.25, 0.3) is 0 Å². The van der Waals surface area contributed by atoms with Gasteiger partial charge < -0.3 is 5.32 Å². The zero-order valence-electron chi connectivity index (χ0n) is 9.48. The summed E-state index contributed by atoms with van der Waals surface area (Å²) in [6.07, 6.45) is 1.81. The lowest BCUT2D eigenvalue weighted by atomic mass is 10.1. The van der Waals surface area contributed by atoms with Crippen molar-refractivity contribution in [2.45, 2.75) is 0 Å². The van der Waals surface area contributed by atoms with Gasteiger partial charge in [0.05, 0.1) is 5.70 Å². The van der Waals surface area contributed by atoms with Crippen LogP contribution in [-0.2, 0) is 0 Å². The largest absolute Gasteiger partial charge is 0.352 e. The van der Waals surface area contributed by atoms with Crippen LogP contribution in [0.2, 0.25) is 5.02 Å². The zero-order valence-corrected chi connectivity index (χ0v) is 10.2. The molecule has 2 aromatic carbocycles. The van der Waals surface area contributed by atoms with Gasteiger partial charge in [0, 0.05) is 16.3 Å². The molecule has 1 aliphatic rings. The van der Waals surface area contributed by atoms with E-state index in [1.54, 1.807) is 0 Å². The van der Waals surface area contributed by atoms with Crippen LogP contribution < -0.4 is 5.32 Å². The van der Waals surface area contributed by atoms with Crippen molar-refractivity contribution in [2.24, 2.45) is 0 Å². The fourth-order valence-corrected chi connectivity index (χ4v) is 2.20. The monoisotopic (exact) mass is 255 g/mol. The minimum Gasteiger partial charge on any atom is -0.352 e. The molecule has 88 valence electrons. The topological polar surface area (TPSA) is 29.1 Å². The van der Waals surface area contributed by atoms with E-state index in [1.165, 1.54) is 0 Å². The number of halogens is 1. The Bertz CT molecular complexity index is 661. The smallest absolute Gasteiger partial charge is 0.211 e. The average Bonchev–Trinajstić information content (AvgIpc) is 2.67. The molecule has 1 heterocycles. The summed E-state index contributed by atoms with van der Waals surface area (Å²) in [4.78, 5) is 12.1. The second-order valence-electron chi connectivity index (χ2n) is 4.11. The molecule has 0 aliphatic carbocycles. The number of allylic oxidation sites excluding steroid dienone is 1. The molecule has 0 spiro atoms. The second kappa shape index (κ2) is 4.31. The van der Waals surface area contributed by atoms with Crippen molar-refractivity contribution in [2.75, 3.05) is 5.32 Å². The number of rotatable bonds is 1. The molecule has 1 aliphatic heterocycles. The molecule has 0 saturated heterocycles. The van der Waals surface area contributed by atoms with E-state index in [1.807, 2.05) is 54.6 Å². The number of benzene rings is 2. The number of ketones is 1. The van der Waals surface area contributed by atoms with Crippen molar-refractivity contribution in [3.8, 4) is 0 Å². The first kappa shape index (κ1) is 11.1. The Balaban J connectivity index is 1.99. The van der Waals surface area contributed by atoms with Crippen LogP contribution in [0, 0.1) is 0 Å². The molecule has 0 aromatic heterocycles. The van der Waals surface area contributed by atoms with Crippen LogP contribution in [0.5, 0.6) is 0 Å². The quantitative estimate of drug-likeness (QED) is 0.781. The van der Waals surface area contributed by atoms with E-state index in [0.29, 0.717) is 16.3 Å². The first-order valence-electron chi connectivity index (χ1n) is 5.62. The minimum absolute atomic E-state index is 0.0191. The molecule has 0 bridgehead atoms. The van der Waals surface area contributed by atoms with Gasteiger partial charge in [-0.2, -0.15) is 0 Å². The fourth-order valence-electron chi connectivity index (χ4n) is 2.00. The molecule has 2 nitrogen and oxygen atoms in total. The van der Waals surface area contributed by atoms with Crippen LogP contribution in [0.4, 0.5) is 5.69 Å². The zero-order chi connectivity index (χ0) is 12.5. The fraction of sp³-hybridized carbons (Fsp3) is 0. The maximum atomic E-state index is 12.1. The molecule has 0 amide bonds. The molecular formula is C15H10ClNO. The number of hydrogen-bond donors (Lipinski definition) is 1. The Morgan fingerprint density at radius 3 is 2.67 bits per heavy atom. The van der Waals surface area contributed by atoms with Crippen molar-refractivity contribution in [1.29, 1.82) is 0 Å². The van der Waals surface area contributed by atoms with Crippen molar-refractivity contribution in [1.82, 2.24) is 0 Å². The van der Waals surface area contributed by atoms with Gasteiger partial charge >= 0.3 is 0 Å². The van der Waals surface area contributed by atoms with Crippen molar-refractivity contribution in [3.05, 3.63) is 70.4 Å². The highest BCUT2D eigenvalue weighted by Crippen LogP contribution is 2.28. The van der Waals surface area contributed by atoms with Crippen molar-refractivity contribution < 1.29 is 4.79 Å². The van der Waals surface area contributed by atoms with Crippen LogP contribution in [-0.4, -0.2) is 5.78 Å². The van der Waals surface area contributed by atoms with Gasteiger partial charge in [0.15, 0.2) is 0 Å². The van der Waals surface area contributed by atoms with Crippen molar-refractivity contribution in [3.63, 3.8) is 0 Å². The first-order valence-corrected chi connectivity index (χ1v) is 6.00. The normalized spacial score (nSPS) is 15.6. The van der Waals surface area contributed by atoms with Crippen LogP contribution in [0.3, 0.4) is 0 Å². The maximum Gasteiger partial charge on any atom is 0.211 e. The minimum atomic E-state index is 0.0191. The summed E-state index contributed by atoms with van der Waals surface area (Å²) < 4.78 is 0. The van der Waals surface area contributed by atoms with Gasteiger partial charge in [0.1, 0.15) is 0 Å². The summed E-state index contributed by atoms with van der Waals surface area (Å²) >= 11 is 5.92. The van der Waals surface area contributed by atoms with Crippen LogP contribution in [0.15, 0.2) is 54.2 Å². The average molecular weight is 256 g/mol. The van der Waals surface area contributed by atoms with Crippen LogP contribution in [0.1, 0.15) is 15.9 Å². The summed E-state index contributed by atoms with van der Waals surface area (Å²) in [5.41, 5.74) is 3.06. The molecule has 3 heteroatoms. The third-order valence-electron chi connectivity index (χ3n) is 2.85. The number of Topliss-reactive ketones (excluding diaryl/α,β-unsaturated/α-hetero) is 1. The molecule has 0 saturated carbocycles. The van der Waals surface area contributed by atoms with E-state index in [0.717, 1.165) is 11.3 Å². The lowest BCUT2D eigenvalue weighted by Gasteiger charge is -1.99. The number of hydrogen-bond acceptors (Lipinski definition) is 2. The maximum absolute atomic E-state index is 12.1. The summed E-state index contributed by atoms with van der Waals surface area (Å²) in [6.45, 7) is 0. The van der Waals surface area contributed by atoms with Crippen molar-refractivity contribution >= 4 is 29.1 Å². The highest BCUT2D eigenvalue weighted by molar-refractivity contribution is 6.30. The number of carbonyl (C=O) groups excluding carboxylic acids is 1. The molecule has 2 aromatic rings. The Hall–Kier alpha value is -2.06. The summed E-state index contributed by atoms with van der Waals surface area (Å²) in [7, 11) is 0. The van der Waals surface area contributed by atoms with E-state index in [-0.39, 0.29) is 5.78 Å². The first-order chi connectivity index (χ1) is 8.74. The lowest BCUT2D eigenvalue weighted by Crippen LogP contribution is -1.99. The number of nitrogens with one attached hydrogen (secondary N) is 1. The van der Waals surface area contributed by atoms with E-state index in [2.05, 4.69) is 5.32 Å². The van der Waals surface area contributed by atoms with E-state index < -0.39 is 0 Å². The second-order valence-corrected chi connectivity index (χ2v) is 4.55. The summed E-state index contributed by atoms with van der Waals surface area (Å²) in [5, 5.41) is 3.78. The number of para-hydroxylation sites is 1. The SMILES string of the molecule is O=C1/C(=C\c2cccc(Cl)c2)Nc2ccccc21. The van der Waals surface area contributed by atoms with Gasteiger partial charge in [-0.25, -0.2) is 0 Å². The standard InChI is InChI=1S/C15H10ClNO/c16-11-5-3-4-10(8-11)9-14-15(18)12-6-1-2-7-13(12)17-14/h1-9,17H/b14-9+. The molecule has 18 heavy (non-hydrogen) atoms. The van der Waals surface area contributed by atoms with Gasteiger partial charge in [-0.3, -0.25) is 4.79 Å². The third-order valence-corrected chi connectivity index (χ3v) is 3.08. The predicted molar refractivity (Wildman–Crippen MR) is 73.8 cm³/mol. The molecule has 0 fully saturated rings. The number of anilines is 1. The molecule has 3 rings (SSSR count).